The van der Waals surface area contributed by atoms with E-state index >= 15 is 0 Å². The Labute approximate surface area is 145 Å². The minimum atomic E-state index is 0.0263. The molecule has 2 atom stereocenters. The van der Waals surface area contributed by atoms with Gasteiger partial charge in [0.15, 0.2) is 0 Å². The Hall–Kier alpha value is -1.36. The van der Waals surface area contributed by atoms with Gasteiger partial charge in [-0.3, -0.25) is 9.59 Å². The number of nitrogens with zero attached hydrogens (tertiary/aromatic N) is 1. The van der Waals surface area contributed by atoms with Crippen LogP contribution in [0.4, 0.5) is 0 Å². The molecule has 1 saturated heterocycles. The highest BCUT2D eigenvalue weighted by Crippen LogP contribution is 2.49. The number of rotatable bonds is 4. The third kappa shape index (κ3) is 4.14. The molecule has 5 heteroatoms. The second-order valence-electron chi connectivity index (χ2n) is 6.71. The molecule has 0 spiro atoms. The molecule has 2 aliphatic rings. The van der Waals surface area contributed by atoms with Gasteiger partial charge in [-0.15, -0.1) is 0 Å². The van der Waals surface area contributed by atoms with Gasteiger partial charge in [-0.25, -0.2) is 0 Å². The van der Waals surface area contributed by atoms with Crippen LogP contribution in [0, 0.1) is 11.8 Å². The first kappa shape index (κ1) is 16.5. The Morgan fingerprint density at radius 2 is 2.04 bits per heavy atom. The number of amides is 2. The summed E-state index contributed by atoms with van der Waals surface area (Å²) in [5.74, 6) is 1.39. The average Bonchev–Trinajstić information content (AvgIpc) is 3.33. The normalized spacial score (nSPS) is 24.3. The third-order valence-electron chi connectivity index (χ3n) is 4.95. The topological polar surface area (TPSA) is 49.4 Å². The van der Waals surface area contributed by atoms with Crippen LogP contribution in [0.25, 0.3) is 0 Å². The van der Waals surface area contributed by atoms with Crippen LogP contribution in [-0.2, 0) is 9.59 Å². The number of carbonyl (C=O) groups excluding carboxylic acids is 2. The molecule has 1 aliphatic heterocycles. The number of benzene rings is 1. The van der Waals surface area contributed by atoms with Gasteiger partial charge in [0.1, 0.15) is 0 Å². The van der Waals surface area contributed by atoms with Crippen LogP contribution in [0.2, 0.25) is 0 Å². The summed E-state index contributed by atoms with van der Waals surface area (Å²) in [6.45, 7) is 3.94. The molecule has 1 heterocycles. The van der Waals surface area contributed by atoms with Gasteiger partial charge in [0.25, 0.3) is 0 Å². The van der Waals surface area contributed by atoms with E-state index in [2.05, 4.69) is 33.4 Å². The van der Waals surface area contributed by atoms with E-state index in [0.29, 0.717) is 17.7 Å². The van der Waals surface area contributed by atoms with E-state index in [9.17, 15) is 9.59 Å². The molecule has 1 aliphatic carbocycles. The van der Waals surface area contributed by atoms with Crippen LogP contribution in [0.3, 0.4) is 0 Å². The van der Waals surface area contributed by atoms with E-state index in [4.69, 9.17) is 0 Å². The Balaban J connectivity index is 1.48. The number of halogens is 1. The van der Waals surface area contributed by atoms with Crippen LogP contribution in [0.1, 0.15) is 37.7 Å². The highest BCUT2D eigenvalue weighted by molar-refractivity contribution is 9.10. The zero-order valence-electron chi connectivity index (χ0n) is 13.4. The van der Waals surface area contributed by atoms with Crippen LogP contribution >= 0.6 is 15.9 Å². The Kier molecular flexibility index (Phi) is 5.05. The molecule has 2 amide bonds. The van der Waals surface area contributed by atoms with Crippen molar-refractivity contribution in [2.75, 3.05) is 19.6 Å². The summed E-state index contributed by atoms with van der Waals surface area (Å²) < 4.78 is 1.08. The maximum absolute atomic E-state index is 12.6. The molecule has 2 fully saturated rings. The number of hydrogen-bond acceptors (Lipinski definition) is 2. The fourth-order valence-corrected chi connectivity index (χ4v) is 3.87. The van der Waals surface area contributed by atoms with Crippen LogP contribution in [0.5, 0.6) is 0 Å². The summed E-state index contributed by atoms with van der Waals surface area (Å²) in [6, 6.07) is 8.29. The van der Waals surface area contributed by atoms with Gasteiger partial charge < -0.3 is 10.2 Å². The van der Waals surface area contributed by atoms with E-state index in [1.807, 2.05) is 17.0 Å². The van der Waals surface area contributed by atoms with Crippen molar-refractivity contribution in [3.8, 4) is 0 Å². The summed E-state index contributed by atoms with van der Waals surface area (Å²) in [4.78, 5) is 25.6. The lowest BCUT2D eigenvalue weighted by atomic mass is 9.96. The van der Waals surface area contributed by atoms with Gasteiger partial charge in [0.2, 0.25) is 11.8 Å². The molecule has 1 aromatic carbocycles. The van der Waals surface area contributed by atoms with Crippen molar-refractivity contribution in [1.82, 2.24) is 10.2 Å². The fourth-order valence-electron chi connectivity index (χ4n) is 3.45. The summed E-state index contributed by atoms with van der Waals surface area (Å²) in [7, 11) is 0. The monoisotopic (exact) mass is 378 g/mol. The second-order valence-corrected chi connectivity index (χ2v) is 7.63. The van der Waals surface area contributed by atoms with Crippen molar-refractivity contribution in [3.05, 3.63) is 34.3 Å². The van der Waals surface area contributed by atoms with Crippen LogP contribution in [-0.4, -0.2) is 36.3 Å². The Bertz CT molecular complexity index is 596. The fraction of sp³-hybridized carbons (Fsp3) is 0.556. The molecule has 1 N–H and O–H groups in total. The SMILES string of the molecule is CC(=O)NCC1CCN(C(=O)C2CC2c2cccc(Br)c2)CC1. The van der Waals surface area contributed by atoms with Crippen molar-refractivity contribution in [1.29, 1.82) is 0 Å². The smallest absolute Gasteiger partial charge is 0.226 e. The lowest BCUT2D eigenvalue weighted by Gasteiger charge is -2.32. The first-order valence-electron chi connectivity index (χ1n) is 8.33. The standard InChI is InChI=1S/C18H23BrN2O2/c1-12(22)20-11-13-5-7-21(8-6-13)18(23)17-10-16(17)14-3-2-4-15(19)9-14/h2-4,9,13,16-17H,5-8,10-11H2,1H3,(H,20,22). The largest absolute Gasteiger partial charge is 0.356 e. The number of likely N-dealkylation sites (tertiary alicyclic amines) is 1. The average molecular weight is 379 g/mol. The molecule has 23 heavy (non-hydrogen) atoms. The molecule has 0 radical (unpaired) electrons. The van der Waals surface area contributed by atoms with Crippen LogP contribution < -0.4 is 5.32 Å². The molecule has 0 bridgehead atoms. The quantitative estimate of drug-likeness (QED) is 0.875. The first-order valence-corrected chi connectivity index (χ1v) is 9.12. The molecule has 1 saturated carbocycles. The van der Waals surface area contributed by atoms with E-state index in [1.165, 1.54) is 5.56 Å². The number of hydrogen-bond donors (Lipinski definition) is 1. The Morgan fingerprint density at radius 3 is 2.70 bits per heavy atom. The highest BCUT2D eigenvalue weighted by Gasteiger charge is 2.46. The summed E-state index contributed by atoms with van der Waals surface area (Å²) >= 11 is 3.50. The molecule has 0 aromatic heterocycles. The van der Waals surface area contributed by atoms with Gasteiger partial charge >= 0.3 is 0 Å². The van der Waals surface area contributed by atoms with Gasteiger partial charge in [-0.1, -0.05) is 28.1 Å². The molecule has 1 aromatic rings. The zero-order valence-corrected chi connectivity index (χ0v) is 15.0. The van der Waals surface area contributed by atoms with E-state index in [-0.39, 0.29) is 11.8 Å². The molecule has 124 valence electrons. The van der Waals surface area contributed by atoms with Gasteiger partial charge in [-0.05, 0) is 48.8 Å². The highest BCUT2D eigenvalue weighted by atomic mass is 79.9. The van der Waals surface area contributed by atoms with E-state index in [1.54, 1.807) is 6.92 Å². The van der Waals surface area contributed by atoms with Crippen molar-refractivity contribution in [2.45, 2.75) is 32.1 Å². The van der Waals surface area contributed by atoms with E-state index in [0.717, 1.165) is 43.4 Å². The lowest BCUT2D eigenvalue weighted by Crippen LogP contribution is -2.42. The maximum Gasteiger partial charge on any atom is 0.226 e. The second kappa shape index (κ2) is 7.04. The lowest BCUT2D eigenvalue weighted by molar-refractivity contribution is -0.134. The predicted molar refractivity (Wildman–Crippen MR) is 93.0 cm³/mol. The van der Waals surface area contributed by atoms with E-state index < -0.39 is 0 Å². The van der Waals surface area contributed by atoms with Crippen molar-refractivity contribution >= 4 is 27.7 Å². The van der Waals surface area contributed by atoms with Gasteiger partial charge in [0, 0.05) is 36.9 Å². The maximum atomic E-state index is 12.6. The molecular weight excluding hydrogens is 356 g/mol. The summed E-state index contributed by atoms with van der Waals surface area (Å²) in [5, 5.41) is 2.88. The Morgan fingerprint density at radius 1 is 1.30 bits per heavy atom. The van der Waals surface area contributed by atoms with Gasteiger partial charge in [-0.2, -0.15) is 0 Å². The molecular formula is C18H23BrN2O2. The number of piperidine rings is 1. The number of carbonyl (C=O) groups is 2. The minimum absolute atomic E-state index is 0.0263. The van der Waals surface area contributed by atoms with Crippen molar-refractivity contribution in [3.63, 3.8) is 0 Å². The summed E-state index contributed by atoms with van der Waals surface area (Å²) in [5.41, 5.74) is 1.26. The van der Waals surface area contributed by atoms with Crippen molar-refractivity contribution < 1.29 is 9.59 Å². The number of nitrogens with one attached hydrogen (secondary N) is 1. The zero-order chi connectivity index (χ0) is 16.4. The first-order chi connectivity index (χ1) is 11.0. The molecule has 2 unspecified atom stereocenters. The third-order valence-corrected chi connectivity index (χ3v) is 5.44. The predicted octanol–water partition coefficient (Wildman–Crippen LogP) is 2.93. The minimum Gasteiger partial charge on any atom is -0.356 e. The molecule has 4 nitrogen and oxygen atoms in total. The van der Waals surface area contributed by atoms with Gasteiger partial charge in [0.05, 0.1) is 0 Å². The van der Waals surface area contributed by atoms with Crippen LogP contribution in [0.15, 0.2) is 28.7 Å². The molecule has 3 rings (SSSR count). The van der Waals surface area contributed by atoms with Crippen molar-refractivity contribution in [2.24, 2.45) is 11.8 Å². The summed E-state index contributed by atoms with van der Waals surface area (Å²) in [6.07, 6.45) is 2.95.